The Bertz CT molecular complexity index is 124. The molecule has 0 heterocycles. The van der Waals surface area contributed by atoms with Gasteiger partial charge < -0.3 is 20.1 Å². The first-order valence-electron chi connectivity index (χ1n) is 3.01. The summed E-state index contributed by atoms with van der Waals surface area (Å²) in [5.74, 6) is -1.31. The van der Waals surface area contributed by atoms with E-state index in [0.717, 1.165) is 0 Å². The number of carboxylic acids is 1. The molecule has 0 unspecified atom stereocenters. The minimum Gasteiger partial charge on any atom is -0.550 e. The van der Waals surface area contributed by atoms with E-state index in [0.29, 0.717) is 0 Å². The normalized spacial score (nSPS) is 14.8. The third kappa shape index (κ3) is 8.29. The maximum Gasteiger partial charge on any atom is 1.00 e. The van der Waals surface area contributed by atoms with Gasteiger partial charge in [-0.3, -0.25) is 0 Å². The van der Waals surface area contributed by atoms with E-state index in [1.165, 1.54) is 6.92 Å². The quantitative estimate of drug-likeness (QED) is 0.415. The van der Waals surface area contributed by atoms with Gasteiger partial charge in [-0.2, -0.15) is 0 Å². The summed E-state index contributed by atoms with van der Waals surface area (Å²) in [7, 11) is 0. The fraction of sp³-hybridized carbons (Fsp3) is 0.833. The van der Waals surface area contributed by atoms with Crippen molar-refractivity contribution >= 4 is 5.97 Å². The maximum atomic E-state index is 9.94. The first kappa shape index (κ1) is 13.9. The minimum absolute atomic E-state index is 0. The molecule has 0 aromatic carbocycles. The molecule has 60 valence electrons. The van der Waals surface area contributed by atoms with Crippen LogP contribution in [0.4, 0.5) is 0 Å². The fourth-order valence-electron chi connectivity index (χ4n) is 0.640. The van der Waals surface area contributed by atoms with Crippen LogP contribution in [-0.4, -0.2) is 28.4 Å². The molecule has 0 bridgehead atoms. The Morgan fingerprint density at radius 2 is 2.09 bits per heavy atom. The minimum atomic E-state index is -1.34. The van der Waals surface area contributed by atoms with Gasteiger partial charge in [0, 0.05) is 19.0 Å². The molecule has 0 rings (SSSR count). The van der Waals surface area contributed by atoms with Crippen molar-refractivity contribution in [1.29, 1.82) is 0 Å². The fourth-order valence-corrected chi connectivity index (χ4v) is 0.640. The summed E-state index contributed by atoms with van der Waals surface area (Å²) in [6.07, 6.45) is -0.380. The number of carbonyl (C=O) groups excluding carboxylic acids is 1. The van der Waals surface area contributed by atoms with Crippen LogP contribution in [0.3, 0.4) is 0 Å². The van der Waals surface area contributed by atoms with E-state index in [2.05, 4.69) is 0 Å². The van der Waals surface area contributed by atoms with Crippen molar-refractivity contribution in [2.24, 2.45) is 0 Å². The second-order valence-electron chi connectivity index (χ2n) is 2.52. The van der Waals surface area contributed by atoms with Crippen molar-refractivity contribution in [2.45, 2.75) is 25.4 Å². The monoisotopic (exact) mass is 170 g/mol. The Kier molecular flexibility index (Phi) is 7.57. The first-order valence-corrected chi connectivity index (χ1v) is 3.01. The molecule has 4 nitrogen and oxygen atoms in total. The molecule has 11 heavy (non-hydrogen) atoms. The zero-order valence-corrected chi connectivity index (χ0v) is 8.83. The molecular formula is C6H11NaO4. The number of aliphatic carboxylic acids is 1. The number of rotatable bonds is 4. The van der Waals surface area contributed by atoms with Crippen molar-refractivity contribution in [3.05, 3.63) is 0 Å². The molecule has 0 spiro atoms. The molecule has 0 aliphatic rings. The van der Waals surface area contributed by atoms with Crippen molar-refractivity contribution < 1.29 is 49.7 Å². The maximum absolute atomic E-state index is 9.94. The largest absolute Gasteiger partial charge is 1.00 e. The van der Waals surface area contributed by atoms with E-state index in [-0.39, 0.29) is 42.6 Å². The van der Waals surface area contributed by atoms with Gasteiger partial charge in [-0.15, -0.1) is 0 Å². The third-order valence-corrected chi connectivity index (χ3v) is 1.18. The Labute approximate surface area is 87.5 Å². The van der Waals surface area contributed by atoms with Crippen LogP contribution >= 0.6 is 0 Å². The Balaban J connectivity index is 0. The molecule has 0 aromatic rings. The van der Waals surface area contributed by atoms with Gasteiger partial charge in [0.2, 0.25) is 0 Å². The third-order valence-electron chi connectivity index (χ3n) is 1.18. The van der Waals surface area contributed by atoms with Gasteiger partial charge in [0.25, 0.3) is 0 Å². The van der Waals surface area contributed by atoms with E-state index in [4.69, 9.17) is 10.2 Å². The molecule has 0 saturated heterocycles. The summed E-state index contributed by atoms with van der Waals surface area (Å²) in [5.41, 5.74) is -1.34. The molecule has 0 radical (unpaired) electrons. The molecule has 0 saturated carbocycles. The molecule has 1 atom stereocenters. The average Bonchev–Trinajstić information content (AvgIpc) is 1.59. The summed E-state index contributed by atoms with van der Waals surface area (Å²) >= 11 is 0. The molecule has 0 amide bonds. The number of hydrogen-bond acceptors (Lipinski definition) is 4. The number of carbonyl (C=O) groups is 1. The Morgan fingerprint density at radius 3 is 2.36 bits per heavy atom. The first-order chi connectivity index (χ1) is 4.48. The van der Waals surface area contributed by atoms with Gasteiger partial charge in [-0.1, -0.05) is 0 Å². The van der Waals surface area contributed by atoms with Gasteiger partial charge in [-0.25, -0.2) is 0 Å². The zero-order chi connectivity index (χ0) is 8.20. The molecule has 0 aromatic heterocycles. The molecule has 0 fully saturated rings. The van der Waals surface area contributed by atoms with Crippen LogP contribution in [0.15, 0.2) is 0 Å². The Hall–Kier alpha value is 0.390. The van der Waals surface area contributed by atoms with Crippen molar-refractivity contribution in [2.75, 3.05) is 6.61 Å². The molecular weight excluding hydrogens is 159 g/mol. The standard InChI is InChI=1S/C6H12O4.Na/c1-6(10,2-3-7)4-5(8)9;/h7,10H,2-4H2,1H3,(H,8,9);/q;+1/p-1/t6-;/m1./s1. The van der Waals surface area contributed by atoms with Gasteiger partial charge in [0.15, 0.2) is 0 Å². The van der Waals surface area contributed by atoms with E-state index in [9.17, 15) is 9.90 Å². The topological polar surface area (TPSA) is 80.6 Å². The molecule has 0 aliphatic heterocycles. The van der Waals surface area contributed by atoms with Crippen LogP contribution in [0.2, 0.25) is 0 Å². The summed E-state index contributed by atoms with van der Waals surface area (Å²) in [6, 6.07) is 0. The second kappa shape index (κ2) is 5.97. The molecule has 5 heteroatoms. The predicted octanol–water partition coefficient (Wildman–Crippen LogP) is -4.74. The number of carboxylic acid groups (broad SMARTS) is 1. The zero-order valence-electron chi connectivity index (χ0n) is 6.83. The number of aliphatic hydroxyl groups is 2. The predicted molar refractivity (Wildman–Crippen MR) is 32.0 cm³/mol. The van der Waals surface area contributed by atoms with Gasteiger partial charge >= 0.3 is 29.6 Å². The SMILES string of the molecule is C[C@@](O)(CCO)CC(=O)[O-].[Na+]. The van der Waals surface area contributed by atoms with Crippen LogP contribution in [0, 0.1) is 0 Å². The van der Waals surface area contributed by atoms with Gasteiger partial charge in [0.1, 0.15) is 0 Å². The van der Waals surface area contributed by atoms with Crippen molar-refractivity contribution in [3.63, 3.8) is 0 Å². The van der Waals surface area contributed by atoms with Crippen LogP contribution < -0.4 is 34.7 Å². The van der Waals surface area contributed by atoms with E-state index < -0.39 is 18.0 Å². The van der Waals surface area contributed by atoms with E-state index in [1.807, 2.05) is 0 Å². The Morgan fingerprint density at radius 1 is 1.64 bits per heavy atom. The number of aliphatic hydroxyl groups excluding tert-OH is 1. The van der Waals surface area contributed by atoms with Gasteiger partial charge in [-0.05, 0) is 13.3 Å². The summed E-state index contributed by atoms with van der Waals surface area (Å²) < 4.78 is 0. The van der Waals surface area contributed by atoms with Crippen LogP contribution in [-0.2, 0) is 4.79 Å². The van der Waals surface area contributed by atoms with Crippen molar-refractivity contribution in [1.82, 2.24) is 0 Å². The average molecular weight is 170 g/mol. The van der Waals surface area contributed by atoms with Crippen LogP contribution in [0.1, 0.15) is 19.8 Å². The molecule has 2 N–H and O–H groups in total. The van der Waals surface area contributed by atoms with Crippen LogP contribution in [0.25, 0.3) is 0 Å². The number of hydrogen-bond donors (Lipinski definition) is 2. The van der Waals surface area contributed by atoms with E-state index >= 15 is 0 Å². The summed E-state index contributed by atoms with van der Waals surface area (Å²) in [5, 5.41) is 27.4. The smallest absolute Gasteiger partial charge is 0.550 e. The van der Waals surface area contributed by atoms with Crippen LogP contribution in [0.5, 0.6) is 0 Å². The van der Waals surface area contributed by atoms with E-state index in [1.54, 1.807) is 0 Å². The van der Waals surface area contributed by atoms with Gasteiger partial charge in [0.05, 0.1) is 5.60 Å². The molecule has 0 aliphatic carbocycles. The second-order valence-corrected chi connectivity index (χ2v) is 2.52. The van der Waals surface area contributed by atoms with Crippen molar-refractivity contribution in [3.8, 4) is 0 Å². The summed E-state index contributed by atoms with van der Waals surface area (Å²) in [4.78, 5) is 9.94. The summed E-state index contributed by atoms with van der Waals surface area (Å²) in [6.45, 7) is 1.12.